The first kappa shape index (κ1) is 14.3. The Morgan fingerprint density at radius 2 is 2.05 bits per heavy atom. The molecule has 0 aromatic rings. The second-order valence-electron chi connectivity index (χ2n) is 5.50. The first-order valence-corrected chi connectivity index (χ1v) is 7.23. The van der Waals surface area contributed by atoms with Gasteiger partial charge < -0.3 is 14.5 Å². The number of ether oxygens (including phenoxy) is 1. The van der Waals surface area contributed by atoms with E-state index in [-0.39, 0.29) is 30.0 Å². The summed E-state index contributed by atoms with van der Waals surface area (Å²) < 4.78 is 5.25. The molecule has 0 saturated carbocycles. The van der Waals surface area contributed by atoms with Crippen LogP contribution in [0.1, 0.15) is 39.5 Å². The first-order valence-electron chi connectivity index (χ1n) is 7.23. The molecule has 0 aromatic heterocycles. The third-order valence-electron chi connectivity index (χ3n) is 4.26. The number of piperazine rings is 1. The van der Waals surface area contributed by atoms with Crippen LogP contribution in [-0.4, -0.2) is 60.0 Å². The van der Waals surface area contributed by atoms with E-state index in [0.29, 0.717) is 13.0 Å². The van der Waals surface area contributed by atoms with Crippen LogP contribution in [0.5, 0.6) is 0 Å². The van der Waals surface area contributed by atoms with Gasteiger partial charge in [0.1, 0.15) is 12.1 Å². The van der Waals surface area contributed by atoms with Gasteiger partial charge in [-0.2, -0.15) is 0 Å². The zero-order valence-corrected chi connectivity index (χ0v) is 12.1. The number of rotatable bonds is 4. The third-order valence-corrected chi connectivity index (χ3v) is 4.26. The number of carbonyl (C=O) groups excluding carboxylic acids is 2. The van der Waals surface area contributed by atoms with E-state index in [2.05, 4.69) is 0 Å². The molecule has 5 heteroatoms. The van der Waals surface area contributed by atoms with Crippen LogP contribution in [0.25, 0.3) is 0 Å². The Morgan fingerprint density at radius 3 is 2.68 bits per heavy atom. The minimum absolute atomic E-state index is 0.0408. The fraction of sp³-hybridized carbons (Fsp3) is 0.857. The molecule has 3 unspecified atom stereocenters. The molecule has 0 aromatic carbocycles. The minimum Gasteiger partial charge on any atom is -0.380 e. The third kappa shape index (κ3) is 2.61. The van der Waals surface area contributed by atoms with Crippen LogP contribution < -0.4 is 0 Å². The van der Waals surface area contributed by atoms with Crippen molar-refractivity contribution in [2.45, 2.75) is 57.7 Å². The lowest BCUT2D eigenvalue weighted by atomic mass is 9.94. The smallest absolute Gasteiger partial charge is 0.246 e. The highest BCUT2D eigenvalue weighted by Gasteiger charge is 2.45. The quantitative estimate of drug-likeness (QED) is 0.765. The van der Waals surface area contributed by atoms with Gasteiger partial charge in [0.15, 0.2) is 0 Å². The maximum Gasteiger partial charge on any atom is 0.246 e. The van der Waals surface area contributed by atoms with Gasteiger partial charge in [-0.25, -0.2) is 0 Å². The van der Waals surface area contributed by atoms with Crippen molar-refractivity contribution in [2.24, 2.45) is 0 Å². The molecule has 0 aliphatic carbocycles. The van der Waals surface area contributed by atoms with Crippen molar-refractivity contribution < 1.29 is 14.3 Å². The Balaban J connectivity index is 2.20. The normalized spacial score (nSPS) is 29.4. The van der Waals surface area contributed by atoms with E-state index in [1.165, 1.54) is 0 Å². The van der Waals surface area contributed by atoms with Crippen molar-refractivity contribution in [3.63, 3.8) is 0 Å². The monoisotopic (exact) mass is 268 g/mol. The van der Waals surface area contributed by atoms with Crippen molar-refractivity contribution in [2.75, 3.05) is 20.2 Å². The van der Waals surface area contributed by atoms with Crippen molar-refractivity contribution in [3.8, 4) is 0 Å². The summed E-state index contributed by atoms with van der Waals surface area (Å²) in [5, 5.41) is 0. The maximum atomic E-state index is 12.6. The van der Waals surface area contributed by atoms with E-state index in [1.807, 2.05) is 13.8 Å². The maximum absolute atomic E-state index is 12.6. The molecule has 0 spiro atoms. The Morgan fingerprint density at radius 1 is 1.32 bits per heavy atom. The van der Waals surface area contributed by atoms with E-state index >= 15 is 0 Å². The van der Waals surface area contributed by atoms with Crippen LogP contribution in [0.15, 0.2) is 0 Å². The number of carbonyl (C=O) groups is 2. The van der Waals surface area contributed by atoms with Gasteiger partial charge in [-0.15, -0.1) is 0 Å². The standard InChI is InChI=1S/C14H24N2O3/c1-4-11-13(17)15-8-6-5-7-12(15)14(18)16(11)9-10(2)19-3/h10-12H,4-9H2,1-3H3. The van der Waals surface area contributed by atoms with Crippen molar-refractivity contribution in [1.82, 2.24) is 9.80 Å². The molecular weight excluding hydrogens is 244 g/mol. The van der Waals surface area contributed by atoms with Gasteiger partial charge in [0.2, 0.25) is 11.8 Å². The first-order chi connectivity index (χ1) is 9.10. The molecule has 2 fully saturated rings. The number of hydrogen-bond acceptors (Lipinski definition) is 3. The molecule has 2 rings (SSSR count). The van der Waals surface area contributed by atoms with Crippen LogP contribution in [0.2, 0.25) is 0 Å². The fourth-order valence-electron chi connectivity index (χ4n) is 3.09. The average molecular weight is 268 g/mol. The summed E-state index contributed by atoms with van der Waals surface area (Å²) in [7, 11) is 1.63. The Labute approximate surface area is 114 Å². The molecule has 2 aliphatic heterocycles. The molecular formula is C14H24N2O3. The minimum atomic E-state index is -0.306. The summed E-state index contributed by atoms with van der Waals surface area (Å²) in [5.74, 6) is 0.227. The van der Waals surface area contributed by atoms with Gasteiger partial charge >= 0.3 is 0 Å². The van der Waals surface area contributed by atoms with E-state index < -0.39 is 0 Å². The molecule has 19 heavy (non-hydrogen) atoms. The highest BCUT2D eigenvalue weighted by atomic mass is 16.5. The Hall–Kier alpha value is -1.10. The summed E-state index contributed by atoms with van der Waals surface area (Å²) >= 11 is 0. The van der Waals surface area contributed by atoms with Crippen molar-refractivity contribution in [3.05, 3.63) is 0 Å². The number of hydrogen-bond donors (Lipinski definition) is 0. The van der Waals surface area contributed by atoms with Crippen LogP contribution in [0.4, 0.5) is 0 Å². The molecule has 2 aliphatic rings. The summed E-state index contributed by atoms with van der Waals surface area (Å²) in [6.07, 6.45) is 3.48. The zero-order valence-electron chi connectivity index (χ0n) is 12.1. The second kappa shape index (κ2) is 5.90. The molecule has 0 bridgehead atoms. The van der Waals surface area contributed by atoms with Gasteiger partial charge in [0.25, 0.3) is 0 Å². The van der Waals surface area contributed by atoms with Gasteiger partial charge in [0, 0.05) is 20.2 Å². The van der Waals surface area contributed by atoms with E-state index in [0.717, 1.165) is 25.8 Å². The molecule has 0 radical (unpaired) electrons. The summed E-state index contributed by atoms with van der Waals surface area (Å²) in [6, 6.07) is -0.535. The zero-order chi connectivity index (χ0) is 14.0. The Kier molecular flexibility index (Phi) is 4.45. The van der Waals surface area contributed by atoms with Gasteiger partial charge in [0.05, 0.1) is 6.10 Å². The molecule has 3 atom stereocenters. The summed E-state index contributed by atoms with van der Waals surface area (Å²) in [5.41, 5.74) is 0. The Bertz CT molecular complexity index is 359. The lowest BCUT2D eigenvalue weighted by Gasteiger charge is -2.47. The predicted octanol–water partition coefficient (Wildman–Crippen LogP) is 1.02. The molecule has 5 nitrogen and oxygen atoms in total. The number of methoxy groups -OCH3 is 1. The van der Waals surface area contributed by atoms with E-state index in [1.54, 1.807) is 16.9 Å². The number of fused-ring (bicyclic) bond motifs is 1. The van der Waals surface area contributed by atoms with Crippen LogP contribution in [0, 0.1) is 0 Å². The number of amides is 2. The molecule has 2 heterocycles. The van der Waals surface area contributed by atoms with Crippen molar-refractivity contribution >= 4 is 11.8 Å². The number of nitrogens with zero attached hydrogens (tertiary/aromatic N) is 2. The molecule has 0 N–H and O–H groups in total. The summed E-state index contributed by atoms with van der Waals surface area (Å²) in [4.78, 5) is 28.6. The summed E-state index contributed by atoms with van der Waals surface area (Å²) in [6.45, 7) is 5.13. The lowest BCUT2D eigenvalue weighted by Crippen LogP contribution is -2.66. The number of piperidine rings is 1. The largest absolute Gasteiger partial charge is 0.380 e. The van der Waals surface area contributed by atoms with Gasteiger partial charge in [-0.3, -0.25) is 9.59 Å². The molecule has 108 valence electrons. The van der Waals surface area contributed by atoms with Crippen LogP contribution in [0.3, 0.4) is 0 Å². The second-order valence-corrected chi connectivity index (χ2v) is 5.50. The van der Waals surface area contributed by atoms with E-state index in [4.69, 9.17) is 4.74 Å². The molecule has 2 amide bonds. The fourth-order valence-corrected chi connectivity index (χ4v) is 3.09. The predicted molar refractivity (Wildman–Crippen MR) is 71.6 cm³/mol. The van der Waals surface area contributed by atoms with Crippen LogP contribution in [-0.2, 0) is 14.3 Å². The van der Waals surface area contributed by atoms with Crippen molar-refractivity contribution in [1.29, 1.82) is 0 Å². The highest BCUT2D eigenvalue weighted by molar-refractivity contribution is 5.97. The average Bonchev–Trinajstić information content (AvgIpc) is 2.44. The SMILES string of the molecule is CCC1C(=O)N2CCCCC2C(=O)N1CC(C)OC. The van der Waals surface area contributed by atoms with E-state index in [9.17, 15) is 9.59 Å². The van der Waals surface area contributed by atoms with Gasteiger partial charge in [-0.1, -0.05) is 6.92 Å². The topological polar surface area (TPSA) is 49.9 Å². The van der Waals surface area contributed by atoms with Crippen LogP contribution >= 0.6 is 0 Å². The highest BCUT2D eigenvalue weighted by Crippen LogP contribution is 2.27. The molecule has 2 saturated heterocycles. The van der Waals surface area contributed by atoms with Gasteiger partial charge in [-0.05, 0) is 32.6 Å². The lowest BCUT2D eigenvalue weighted by molar-refractivity contribution is -0.165.